The van der Waals surface area contributed by atoms with Gasteiger partial charge >= 0.3 is 5.97 Å². The Morgan fingerprint density at radius 1 is 1.30 bits per heavy atom. The fourth-order valence-corrected chi connectivity index (χ4v) is 5.56. The van der Waals surface area contributed by atoms with Crippen molar-refractivity contribution in [1.29, 1.82) is 0 Å². The zero-order chi connectivity index (χ0) is 21.6. The number of aliphatic hydroxyl groups is 1. The first-order valence-electron chi connectivity index (χ1n) is 9.70. The van der Waals surface area contributed by atoms with E-state index in [1.165, 1.54) is 11.9 Å². The van der Waals surface area contributed by atoms with E-state index in [4.69, 9.17) is 0 Å². The lowest BCUT2D eigenvalue weighted by Gasteiger charge is -2.32. The highest BCUT2D eigenvalue weighted by Crippen LogP contribution is 2.52. The van der Waals surface area contributed by atoms with Crippen LogP contribution in [0.1, 0.15) is 44.7 Å². The lowest BCUT2D eigenvalue weighted by Crippen LogP contribution is -2.52. The molecule has 2 atom stereocenters. The van der Waals surface area contributed by atoms with Crippen LogP contribution in [0.4, 0.5) is 0 Å². The Morgan fingerprint density at radius 2 is 2.00 bits per heavy atom. The van der Waals surface area contributed by atoms with Crippen molar-refractivity contribution in [3.63, 3.8) is 0 Å². The molecule has 0 saturated heterocycles. The Kier molecular flexibility index (Phi) is 5.11. The molecule has 2 heterocycles. The number of allylic oxidation sites excluding steroid dienone is 1. The molecular weight excluding hydrogens is 406 g/mol. The minimum atomic E-state index is -1.34. The van der Waals surface area contributed by atoms with E-state index in [2.05, 4.69) is 24.6 Å². The van der Waals surface area contributed by atoms with Crippen LogP contribution >= 0.6 is 11.9 Å². The molecule has 158 valence electrons. The van der Waals surface area contributed by atoms with E-state index >= 15 is 0 Å². The molecule has 4 N–H and O–H groups in total. The quantitative estimate of drug-likeness (QED) is 0.429. The van der Waals surface area contributed by atoms with Crippen molar-refractivity contribution in [2.75, 3.05) is 0 Å². The second-order valence-corrected chi connectivity index (χ2v) is 9.53. The number of carbonyl (C=O) groups excluding carboxylic acids is 2. The number of aliphatic hydroxyl groups excluding tert-OH is 1. The maximum Gasteiger partial charge on any atom is 0.330 e. The normalized spacial score (nSPS) is 24.1. The van der Waals surface area contributed by atoms with Gasteiger partial charge in [0.2, 0.25) is 0 Å². The van der Waals surface area contributed by atoms with E-state index < -0.39 is 35.4 Å². The molecule has 0 radical (unpaired) electrons. The molecule has 2 amide bonds. The van der Waals surface area contributed by atoms with Crippen LogP contribution in [0, 0.1) is 5.41 Å². The van der Waals surface area contributed by atoms with Gasteiger partial charge in [-0.1, -0.05) is 44.2 Å². The molecule has 2 unspecified atom stereocenters. The summed E-state index contributed by atoms with van der Waals surface area (Å²) in [5.41, 5.74) is 3.71. The molecule has 3 aliphatic rings. The Bertz CT molecular complexity index is 986. The van der Waals surface area contributed by atoms with Crippen molar-refractivity contribution >= 4 is 29.7 Å². The van der Waals surface area contributed by atoms with Crippen molar-refractivity contribution in [3.05, 3.63) is 57.7 Å². The minimum Gasteiger partial charge on any atom is -0.509 e. The summed E-state index contributed by atoms with van der Waals surface area (Å²) in [5, 5.41) is 22.8. The SMILES string of the molecule is CC1(C)CCC2=C(C1)SN1NC(=O)C(C(=O)NC(C(=O)O)c3ccccc3)=C(O)C21. The average Bonchev–Trinajstić information content (AvgIpc) is 3.02. The summed E-state index contributed by atoms with van der Waals surface area (Å²) in [7, 11) is 0. The lowest BCUT2D eigenvalue weighted by molar-refractivity contribution is -0.142. The smallest absolute Gasteiger partial charge is 0.330 e. The van der Waals surface area contributed by atoms with E-state index in [1.54, 1.807) is 34.7 Å². The van der Waals surface area contributed by atoms with Gasteiger partial charge in [0.1, 0.15) is 17.4 Å². The number of fused-ring (bicyclic) bond motifs is 2. The summed E-state index contributed by atoms with van der Waals surface area (Å²) >= 11 is 1.38. The van der Waals surface area contributed by atoms with Gasteiger partial charge in [-0.25, -0.2) is 4.79 Å². The second-order valence-electron chi connectivity index (χ2n) is 8.47. The van der Waals surface area contributed by atoms with Crippen LogP contribution in [0.5, 0.6) is 0 Å². The molecule has 1 aromatic carbocycles. The van der Waals surface area contributed by atoms with Gasteiger partial charge in [0.05, 0.1) is 0 Å². The number of hydrogen-bond donors (Lipinski definition) is 4. The van der Waals surface area contributed by atoms with Gasteiger partial charge in [-0.05, 0) is 47.8 Å². The maximum absolute atomic E-state index is 12.9. The van der Waals surface area contributed by atoms with Gasteiger partial charge in [-0.15, -0.1) is 4.41 Å². The van der Waals surface area contributed by atoms with E-state index in [0.29, 0.717) is 5.56 Å². The molecule has 1 aliphatic carbocycles. The van der Waals surface area contributed by atoms with E-state index in [9.17, 15) is 24.6 Å². The topological polar surface area (TPSA) is 119 Å². The highest BCUT2D eigenvalue weighted by molar-refractivity contribution is 8.01. The standard InChI is InChI=1S/C21H23N3O5S/c1-21(2)9-8-12-13(10-21)30-24-16(12)17(25)14(19(27)23-24)18(26)22-15(20(28)29)11-6-4-3-5-7-11/h3-7,15-16,25H,8-10H2,1-2H3,(H,22,26)(H,23,27)(H,28,29). The van der Waals surface area contributed by atoms with Gasteiger partial charge in [0, 0.05) is 4.91 Å². The molecule has 4 rings (SSSR count). The summed E-state index contributed by atoms with van der Waals surface area (Å²) in [6.07, 6.45) is 2.53. The third-order valence-corrected chi connectivity index (χ3v) is 6.80. The third-order valence-electron chi connectivity index (χ3n) is 5.68. The number of carbonyl (C=O) groups is 3. The van der Waals surface area contributed by atoms with Crippen molar-refractivity contribution in [2.45, 2.75) is 45.2 Å². The number of hydrazine groups is 1. The minimum absolute atomic E-state index is 0.133. The number of amides is 2. The van der Waals surface area contributed by atoms with Crippen LogP contribution in [0.25, 0.3) is 0 Å². The van der Waals surface area contributed by atoms with Crippen LogP contribution in [0.3, 0.4) is 0 Å². The van der Waals surface area contributed by atoms with Crippen LogP contribution in [-0.4, -0.2) is 38.5 Å². The fourth-order valence-electron chi connectivity index (χ4n) is 4.07. The van der Waals surface area contributed by atoms with Crippen LogP contribution in [0.2, 0.25) is 0 Å². The number of hydrogen-bond acceptors (Lipinski definition) is 6. The first-order chi connectivity index (χ1) is 14.2. The molecule has 9 heteroatoms. The number of rotatable bonds is 4. The molecule has 0 spiro atoms. The molecule has 1 aromatic rings. The van der Waals surface area contributed by atoms with Gasteiger partial charge in [-0.2, -0.15) is 0 Å². The van der Waals surface area contributed by atoms with E-state index in [-0.39, 0.29) is 11.2 Å². The van der Waals surface area contributed by atoms with Crippen LogP contribution in [0.15, 0.2) is 52.1 Å². The molecule has 0 bridgehead atoms. The number of aliphatic carboxylic acids is 1. The molecular formula is C21H23N3O5S. The monoisotopic (exact) mass is 429 g/mol. The number of nitrogens with zero attached hydrogens (tertiary/aromatic N) is 1. The van der Waals surface area contributed by atoms with Gasteiger partial charge < -0.3 is 15.5 Å². The highest BCUT2D eigenvalue weighted by Gasteiger charge is 2.47. The predicted octanol–water partition coefficient (Wildman–Crippen LogP) is 2.58. The fraction of sp³-hybridized carbons (Fsp3) is 0.381. The van der Waals surface area contributed by atoms with Crippen molar-refractivity contribution in [3.8, 4) is 0 Å². The van der Waals surface area contributed by atoms with Gasteiger partial charge in [-0.3, -0.25) is 15.0 Å². The molecule has 30 heavy (non-hydrogen) atoms. The second kappa shape index (κ2) is 7.48. The highest BCUT2D eigenvalue weighted by atomic mass is 32.2. The van der Waals surface area contributed by atoms with E-state index in [1.807, 2.05) is 0 Å². The summed E-state index contributed by atoms with van der Waals surface area (Å²) in [5.74, 6) is -3.28. The van der Waals surface area contributed by atoms with Crippen molar-refractivity contribution in [1.82, 2.24) is 15.2 Å². The Labute approximate surface area is 178 Å². The third kappa shape index (κ3) is 3.59. The zero-order valence-electron chi connectivity index (χ0n) is 16.6. The first-order valence-corrected chi connectivity index (χ1v) is 10.5. The van der Waals surface area contributed by atoms with Crippen LogP contribution < -0.4 is 10.7 Å². The molecule has 2 aliphatic heterocycles. The number of nitrogens with one attached hydrogen (secondary N) is 2. The Hall–Kier alpha value is -2.78. The summed E-state index contributed by atoms with van der Waals surface area (Å²) in [4.78, 5) is 38.3. The van der Waals surface area contributed by atoms with Crippen molar-refractivity contribution in [2.24, 2.45) is 5.41 Å². The molecule has 8 nitrogen and oxygen atoms in total. The average molecular weight is 429 g/mol. The first kappa shape index (κ1) is 20.5. The van der Waals surface area contributed by atoms with Gasteiger partial charge in [0.25, 0.3) is 11.8 Å². The maximum atomic E-state index is 12.9. The lowest BCUT2D eigenvalue weighted by atomic mass is 9.76. The number of carboxylic acid groups (broad SMARTS) is 1. The predicted molar refractivity (Wildman–Crippen MR) is 111 cm³/mol. The molecule has 0 saturated carbocycles. The number of benzene rings is 1. The summed E-state index contributed by atoms with van der Waals surface area (Å²) in [6.45, 7) is 4.36. The summed E-state index contributed by atoms with van der Waals surface area (Å²) < 4.78 is 1.58. The molecule has 0 fully saturated rings. The largest absolute Gasteiger partial charge is 0.509 e. The van der Waals surface area contributed by atoms with Crippen LogP contribution in [-0.2, 0) is 14.4 Å². The summed E-state index contributed by atoms with van der Waals surface area (Å²) in [6, 6.07) is 6.25. The Balaban J connectivity index is 1.64. The number of carboxylic acids is 1. The molecule has 0 aromatic heterocycles. The van der Waals surface area contributed by atoms with Crippen molar-refractivity contribution < 1.29 is 24.6 Å². The van der Waals surface area contributed by atoms with E-state index in [0.717, 1.165) is 29.7 Å². The van der Waals surface area contributed by atoms with Gasteiger partial charge in [0.15, 0.2) is 6.04 Å². The Morgan fingerprint density at radius 3 is 2.67 bits per heavy atom. The zero-order valence-corrected chi connectivity index (χ0v) is 17.5.